The molecule has 0 aromatic rings. The van der Waals surface area contributed by atoms with Crippen molar-refractivity contribution in [2.75, 3.05) is 32.9 Å². The lowest BCUT2D eigenvalue weighted by atomic mass is 9.67. The van der Waals surface area contributed by atoms with Crippen LogP contribution in [0.3, 0.4) is 0 Å². The molecule has 1 aliphatic carbocycles. The third-order valence-electron chi connectivity index (χ3n) is 6.47. The molecular weight excluding hydrogens is 264 g/mol. The number of hydrogen-bond acceptors (Lipinski definition) is 4. The van der Waals surface area contributed by atoms with Crippen LogP contribution in [0.2, 0.25) is 0 Å². The van der Waals surface area contributed by atoms with Crippen molar-refractivity contribution in [1.29, 1.82) is 0 Å². The van der Waals surface area contributed by atoms with Gasteiger partial charge in [-0.25, -0.2) is 0 Å². The molecule has 1 spiro atoms. The van der Waals surface area contributed by atoms with Crippen LogP contribution >= 0.6 is 0 Å². The van der Waals surface area contributed by atoms with Gasteiger partial charge in [-0.3, -0.25) is 4.90 Å². The maximum Gasteiger partial charge on any atom is 0.0685 e. The number of morpholine rings is 1. The Balaban J connectivity index is 1.69. The molecule has 122 valence electrons. The van der Waals surface area contributed by atoms with E-state index in [4.69, 9.17) is 15.2 Å². The summed E-state index contributed by atoms with van der Waals surface area (Å²) in [7, 11) is 0. The van der Waals surface area contributed by atoms with Gasteiger partial charge in [0.2, 0.25) is 0 Å². The minimum atomic E-state index is 0.0940. The summed E-state index contributed by atoms with van der Waals surface area (Å²) in [5, 5.41) is 0. The molecule has 0 radical (unpaired) electrons. The average molecular weight is 296 g/mol. The predicted molar refractivity (Wildman–Crippen MR) is 84.3 cm³/mol. The van der Waals surface area contributed by atoms with Gasteiger partial charge in [0.05, 0.1) is 18.8 Å². The minimum absolute atomic E-state index is 0.0940. The van der Waals surface area contributed by atoms with Gasteiger partial charge in [-0.05, 0) is 51.4 Å². The molecule has 3 fully saturated rings. The number of ether oxygens (including phenoxy) is 2. The summed E-state index contributed by atoms with van der Waals surface area (Å²) in [4.78, 5) is 2.57. The smallest absolute Gasteiger partial charge is 0.0685 e. The third-order valence-corrected chi connectivity index (χ3v) is 6.47. The zero-order valence-corrected chi connectivity index (χ0v) is 13.8. The zero-order chi connectivity index (χ0) is 14.9. The first kappa shape index (κ1) is 15.7. The quantitative estimate of drug-likeness (QED) is 0.863. The molecule has 1 saturated carbocycles. The van der Waals surface area contributed by atoms with Gasteiger partial charge in [0.15, 0.2) is 0 Å². The molecule has 2 N–H and O–H groups in total. The summed E-state index contributed by atoms with van der Waals surface area (Å²) in [5.74, 6) is 0.604. The lowest BCUT2D eigenvalue weighted by molar-refractivity contribution is -0.152. The van der Waals surface area contributed by atoms with Crippen LogP contribution in [0.15, 0.2) is 0 Å². The number of hydrogen-bond donors (Lipinski definition) is 1. The Kier molecular flexibility index (Phi) is 4.60. The highest BCUT2D eigenvalue weighted by Gasteiger charge is 2.48. The molecular formula is C17H32N2O2. The average Bonchev–Trinajstić information content (AvgIpc) is 2.53. The van der Waals surface area contributed by atoms with Gasteiger partial charge in [0, 0.05) is 31.3 Å². The highest BCUT2D eigenvalue weighted by Crippen LogP contribution is 2.46. The van der Waals surface area contributed by atoms with Crippen LogP contribution in [0.5, 0.6) is 0 Å². The Morgan fingerprint density at radius 2 is 2.00 bits per heavy atom. The predicted octanol–water partition coefficient (Wildman–Crippen LogP) is 2.16. The van der Waals surface area contributed by atoms with E-state index in [1.165, 1.54) is 25.7 Å². The van der Waals surface area contributed by atoms with Crippen LogP contribution in [0, 0.1) is 5.92 Å². The van der Waals surface area contributed by atoms with E-state index in [1.807, 2.05) is 0 Å². The van der Waals surface area contributed by atoms with Crippen LogP contribution in [-0.4, -0.2) is 55.0 Å². The Morgan fingerprint density at radius 3 is 2.57 bits per heavy atom. The maximum atomic E-state index is 6.83. The molecule has 2 aliphatic heterocycles. The molecule has 3 unspecified atom stereocenters. The summed E-state index contributed by atoms with van der Waals surface area (Å²) < 4.78 is 11.6. The molecule has 21 heavy (non-hydrogen) atoms. The summed E-state index contributed by atoms with van der Waals surface area (Å²) in [5.41, 5.74) is 7.12. The lowest BCUT2D eigenvalue weighted by Gasteiger charge is -2.53. The first-order valence-electron chi connectivity index (χ1n) is 8.82. The van der Waals surface area contributed by atoms with E-state index in [1.54, 1.807) is 0 Å². The number of rotatable bonds is 4. The molecule has 0 amide bonds. The van der Waals surface area contributed by atoms with Crippen molar-refractivity contribution < 1.29 is 9.47 Å². The zero-order valence-electron chi connectivity index (χ0n) is 13.8. The second-order valence-corrected chi connectivity index (χ2v) is 7.47. The summed E-state index contributed by atoms with van der Waals surface area (Å²) in [6, 6.07) is 0.238. The lowest BCUT2D eigenvalue weighted by Crippen LogP contribution is -2.64. The molecule has 4 nitrogen and oxygen atoms in total. The Morgan fingerprint density at radius 1 is 1.29 bits per heavy atom. The van der Waals surface area contributed by atoms with Crippen molar-refractivity contribution in [3.63, 3.8) is 0 Å². The first-order chi connectivity index (χ1) is 10.1. The fraction of sp³-hybridized carbons (Fsp3) is 1.00. The first-order valence-corrected chi connectivity index (χ1v) is 8.82. The van der Waals surface area contributed by atoms with E-state index < -0.39 is 0 Å². The van der Waals surface area contributed by atoms with Gasteiger partial charge >= 0.3 is 0 Å². The molecule has 2 heterocycles. The molecule has 0 aromatic carbocycles. The Labute approximate surface area is 129 Å². The van der Waals surface area contributed by atoms with Crippen molar-refractivity contribution >= 4 is 0 Å². The van der Waals surface area contributed by atoms with Crippen LogP contribution in [-0.2, 0) is 9.47 Å². The molecule has 3 rings (SSSR count). The standard InChI is InChI=1S/C17H32N2O2/c1-3-16(2,19-8-11-20-12-9-19)15(18)14-5-10-21-17(13-14)6-4-7-17/h14-15H,3-13,18H2,1-2H3. The van der Waals surface area contributed by atoms with Gasteiger partial charge in [-0.2, -0.15) is 0 Å². The third kappa shape index (κ3) is 2.88. The minimum Gasteiger partial charge on any atom is -0.379 e. The van der Waals surface area contributed by atoms with Gasteiger partial charge in [-0.15, -0.1) is 0 Å². The largest absolute Gasteiger partial charge is 0.379 e. The monoisotopic (exact) mass is 296 g/mol. The van der Waals surface area contributed by atoms with Crippen molar-refractivity contribution in [3.05, 3.63) is 0 Å². The van der Waals surface area contributed by atoms with E-state index >= 15 is 0 Å². The van der Waals surface area contributed by atoms with Gasteiger partial charge in [0.25, 0.3) is 0 Å². The van der Waals surface area contributed by atoms with Crippen molar-refractivity contribution in [2.45, 2.75) is 69.6 Å². The van der Waals surface area contributed by atoms with Gasteiger partial charge in [-0.1, -0.05) is 6.92 Å². The van der Waals surface area contributed by atoms with Crippen molar-refractivity contribution in [3.8, 4) is 0 Å². The molecule has 0 bridgehead atoms. The Bertz CT molecular complexity index is 353. The van der Waals surface area contributed by atoms with Gasteiger partial charge < -0.3 is 15.2 Å². The highest BCUT2D eigenvalue weighted by molar-refractivity contribution is 5.03. The van der Waals surface area contributed by atoms with E-state index in [2.05, 4.69) is 18.7 Å². The van der Waals surface area contributed by atoms with Crippen molar-refractivity contribution in [2.24, 2.45) is 11.7 Å². The molecule has 3 aliphatic rings. The summed E-state index contributed by atoms with van der Waals surface area (Å²) in [6.45, 7) is 9.29. The molecule has 2 saturated heterocycles. The van der Waals surface area contributed by atoms with Gasteiger partial charge in [0.1, 0.15) is 0 Å². The van der Waals surface area contributed by atoms with E-state index in [0.717, 1.165) is 45.8 Å². The fourth-order valence-electron chi connectivity index (χ4n) is 4.54. The van der Waals surface area contributed by atoms with Crippen LogP contribution in [0.25, 0.3) is 0 Å². The molecule has 3 atom stereocenters. The van der Waals surface area contributed by atoms with Crippen LogP contribution in [0.1, 0.15) is 52.4 Å². The second kappa shape index (κ2) is 6.15. The fourth-order valence-corrected chi connectivity index (χ4v) is 4.54. The van der Waals surface area contributed by atoms with Crippen LogP contribution in [0.4, 0.5) is 0 Å². The summed E-state index contributed by atoms with van der Waals surface area (Å²) in [6.07, 6.45) is 7.24. The van der Waals surface area contributed by atoms with E-state index in [9.17, 15) is 0 Å². The SMILES string of the molecule is CCC(C)(C(N)C1CCOC2(CCC2)C1)N1CCOCC1. The van der Waals surface area contributed by atoms with E-state index in [0.29, 0.717) is 5.92 Å². The molecule has 4 heteroatoms. The normalized spacial score (nSPS) is 34.1. The second-order valence-electron chi connectivity index (χ2n) is 7.47. The van der Waals surface area contributed by atoms with Crippen molar-refractivity contribution in [1.82, 2.24) is 4.90 Å². The van der Waals surface area contributed by atoms with Crippen LogP contribution < -0.4 is 5.73 Å². The molecule has 0 aromatic heterocycles. The maximum absolute atomic E-state index is 6.83. The number of nitrogens with two attached hydrogens (primary N) is 1. The topological polar surface area (TPSA) is 47.7 Å². The Hall–Kier alpha value is -0.160. The number of nitrogens with zero attached hydrogens (tertiary/aromatic N) is 1. The summed E-state index contributed by atoms with van der Waals surface area (Å²) >= 11 is 0. The van der Waals surface area contributed by atoms with E-state index in [-0.39, 0.29) is 17.2 Å². The highest BCUT2D eigenvalue weighted by atomic mass is 16.5.